The molecule has 0 aliphatic carbocycles. The van der Waals surface area contributed by atoms with Crippen LogP contribution in [0.2, 0.25) is 10.0 Å². The van der Waals surface area contributed by atoms with E-state index in [2.05, 4.69) is 15.3 Å². The highest BCUT2D eigenvalue weighted by Gasteiger charge is 2.06. The monoisotopic (exact) mass is 319 g/mol. The van der Waals surface area contributed by atoms with Crippen molar-refractivity contribution in [2.75, 3.05) is 5.32 Å². The Kier molecular flexibility index (Phi) is 3.45. The zero-order valence-corrected chi connectivity index (χ0v) is 12.3. The fraction of sp³-hybridized carbons (Fsp3) is 0. The predicted molar refractivity (Wildman–Crippen MR) is 86.9 cm³/mol. The topological polar surface area (TPSA) is 90.6 Å². The Morgan fingerprint density at radius 2 is 1.95 bits per heavy atom. The molecule has 0 saturated carbocycles. The summed E-state index contributed by atoms with van der Waals surface area (Å²) in [6, 6.07) is 10.6. The van der Waals surface area contributed by atoms with Gasteiger partial charge in [0.15, 0.2) is 0 Å². The number of nitrogens with one attached hydrogen (secondary N) is 3. The molecule has 0 radical (unpaired) electrons. The minimum Gasteiger partial charge on any atom is -0.384 e. The van der Waals surface area contributed by atoms with E-state index in [4.69, 9.17) is 34.3 Å². The van der Waals surface area contributed by atoms with Crippen molar-refractivity contribution in [3.63, 3.8) is 0 Å². The summed E-state index contributed by atoms with van der Waals surface area (Å²) in [7, 11) is 0. The van der Waals surface area contributed by atoms with E-state index in [1.165, 1.54) is 0 Å². The first kappa shape index (κ1) is 13.7. The maximum absolute atomic E-state index is 7.44. The third-order valence-electron chi connectivity index (χ3n) is 2.98. The van der Waals surface area contributed by atoms with E-state index in [-0.39, 0.29) is 5.84 Å². The van der Waals surface area contributed by atoms with Gasteiger partial charge in [-0.1, -0.05) is 23.2 Å². The van der Waals surface area contributed by atoms with Gasteiger partial charge in [0.1, 0.15) is 5.84 Å². The molecule has 0 fully saturated rings. The minimum atomic E-state index is 0.0190. The van der Waals surface area contributed by atoms with Gasteiger partial charge >= 0.3 is 0 Å². The van der Waals surface area contributed by atoms with E-state index in [9.17, 15) is 0 Å². The lowest BCUT2D eigenvalue weighted by Crippen LogP contribution is -2.10. The van der Waals surface area contributed by atoms with Crippen molar-refractivity contribution >= 4 is 51.7 Å². The first-order valence-corrected chi connectivity index (χ1v) is 6.85. The van der Waals surface area contributed by atoms with Gasteiger partial charge in [0.05, 0.1) is 21.1 Å². The Morgan fingerprint density at radius 3 is 2.67 bits per heavy atom. The summed E-state index contributed by atoms with van der Waals surface area (Å²) in [5.41, 5.74) is 8.47. The molecule has 1 aromatic heterocycles. The Hall–Kier alpha value is -2.24. The Bertz CT molecular complexity index is 840. The number of aromatic nitrogens is 2. The Morgan fingerprint density at radius 1 is 1.14 bits per heavy atom. The highest BCUT2D eigenvalue weighted by Crippen LogP contribution is 2.27. The van der Waals surface area contributed by atoms with Crippen LogP contribution in [0.4, 0.5) is 11.6 Å². The number of benzene rings is 2. The summed E-state index contributed by atoms with van der Waals surface area (Å²) in [6.07, 6.45) is 0. The molecule has 5 N–H and O–H groups in total. The number of rotatable bonds is 3. The number of hydrogen-bond acceptors (Lipinski definition) is 3. The molecule has 0 unspecified atom stereocenters. The molecule has 0 spiro atoms. The fourth-order valence-electron chi connectivity index (χ4n) is 1.95. The maximum atomic E-state index is 7.44. The number of hydrogen-bond donors (Lipinski definition) is 4. The molecule has 21 heavy (non-hydrogen) atoms. The number of imidazole rings is 1. The summed E-state index contributed by atoms with van der Waals surface area (Å²) in [4.78, 5) is 7.53. The normalized spacial score (nSPS) is 10.8. The van der Waals surface area contributed by atoms with Crippen molar-refractivity contribution in [2.24, 2.45) is 5.73 Å². The number of fused-ring (bicyclic) bond motifs is 1. The van der Waals surface area contributed by atoms with Crippen molar-refractivity contribution in [1.82, 2.24) is 9.97 Å². The number of aromatic amines is 1. The van der Waals surface area contributed by atoms with Gasteiger partial charge in [-0.2, -0.15) is 0 Å². The second kappa shape index (κ2) is 5.27. The molecule has 0 aliphatic heterocycles. The molecule has 0 saturated heterocycles. The molecule has 0 amide bonds. The molecule has 0 atom stereocenters. The average Bonchev–Trinajstić information content (AvgIpc) is 2.84. The standard InChI is InChI=1S/C14H11Cl2N5/c15-9-3-2-8(6-10(9)16)19-14-20-11-4-1-7(13(17)18)5-12(11)21-14/h1-6H,(H3,17,18)(H2,19,20,21). The second-order valence-electron chi connectivity index (χ2n) is 4.48. The van der Waals surface area contributed by atoms with Gasteiger partial charge < -0.3 is 16.0 Å². The summed E-state index contributed by atoms with van der Waals surface area (Å²) in [5, 5.41) is 11.5. The molecular formula is C14H11Cl2N5. The summed E-state index contributed by atoms with van der Waals surface area (Å²) in [6.45, 7) is 0. The van der Waals surface area contributed by atoms with Crippen LogP contribution in [-0.2, 0) is 0 Å². The molecular weight excluding hydrogens is 309 g/mol. The van der Waals surface area contributed by atoms with E-state index in [1.807, 2.05) is 12.1 Å². The van der Waals surface area contributed by atoms with Crippen LogP contribution in [-0.4, -0.2) is 15.8 Å². The van der Waals surface area contributed by atoms with Gasteiger partial charge in [-0.15, -0.1) is 0 Å². The van der Waals surface area contributed by atoms with Crippen LogP contribution in [0.25, 0.3) is 11.0 Å². The van der Waals surface area contributed by atoms with E-state index in [1.54, 1.807) is 24.3 Å². The van der Waals surface area contributed by atoms with E-state index < -0.39 is 0 Å². The van der Waals surface area contributed by atoms with Gasteiger partial charge in [0.25, 0.3) is 0 Å². The molecule has 3 aromatic rings. The quantitative estimate of drug-likeness (QED) is 0.436. The van der Waals surface area contributed by atoms with Crippen molar-refractivity contribution in [3.8, 4) is 0 Å². The van der Waals surface area contributed by atoms with Gasteiger partial charge in [-0.05, 0) is 36.4 Å². The SMILES string of the molecule is N=C(N)c1ccc2nc(Nc3ccc(Cl)c(Cl)c3)[nH]c2c1. The number of anilines is 2. The van der Waals surface area contributed by atoms with Crippen molar-refractivity contribution < 1.29 is 0 Å². The molecule has 0 bridgehead atoms. The fourth-order valence-corrected chi connectivity index (χ4v) is 2.25. The summed E-state index contributed by atoms with van der Waals surface area (Å²) in [5.74, 6) is 0.592. The van der Waals surface area contributed by atoms with Crippen molar-refractivity contribution in [1.29, 1.82) is 5.41 Å². The van der Waals surface area contributed by atoms with Crippen molar-refractivity contribution in [3.05, 3.63) is 52.0 Å². The maximum Gasteiger partial charge on any atom is 0.205 e. The van der Waals surface area contributed by atoms with Crippen LogP contribution >= 0.6 is 23.2 Å². The lowest BCUT2D eigenvalue weighted by Gasteiger charge is -2.03. The van der Waals surface area contributed by atoms with E-state index in [0.717, 1.165) is 16.7 Å². The highest BCUT2D eigenvalue weighted by atomic mass is 35.5. The molecule has 1 heterocycles. The predicted octanol–water partition coefficient (Wildman–Crippen LogP) is 3.90. The summed E-state index contributed by atoms with van der Waals surface area (Å²) < 4.78 is 0. The van der Waals surface area contributed by atoms with Gasteiger partial charge in [-0.25, -0.2) is 4.98 Å². The number of nitrogens with two attached hydrogens (primary N) is 1. The van der Waals surface area contributed by atoms with Crippen LogP contribution in [0.15, 0.2) is 36.4 Å². The first-order valence-electron chi connectivity index (χ1n) is 6.09. The third-order valence-corrected chi connectivity index (χ3v) is 3.71. The average molecular weight is 320 g/mol. The van der Waals surface area contributed by atoms with Gasteiger partial charge in [-0.3, -0.25) is 5.41 Å². The van der Waals surface area contributed by atoms with Crippen molar-refractivity contribution in [2.45, 2.75) is 0 Å². The van der Waals surface area contributed by atoms with Crippen LogP contribution in [0, 0.1) is 5.41 Å². The Labute approximate surface area is 130 Å². The molecule has 5 nitrogen and oxygen atoms in total. The summed E-state index contributed by atoms with van der Waals surface area (Å²) >= 11 is 11.9. The lowest BCUT2D eigenvalue weighted by molar-refractivity contribution is 1.31. The van der Waals surface area contributed by atoms with E-state index >= 15 is 0 Å². The third kappa shape index (κ3) is 2.79. The number of amidine groups is 1. The van der Waals surface area contributed by atoms with Crippen LogP contribution in [0.3, 0.4) is 0 Å². The molecule has 3 rings (SSSR count). The Balaban J connectivity index is 1.93. The zero-order chi connectivity index (χ0) is 15.0. The van der Waals surface area contributed by atoms with Crippen LogP contribution in [0.5, 0.6) is 0 Å². The number of H-pyrrole nitrogens is 1. The first-order chi connectivity index (χ1) is 10.0. The molecule has 7 heteroatoms. The smallest absolute Gasteiger partial charge is 0.205 e. The number of halogens is 2. The highest BCUT2D eigenvalue weighted by molar-refractivity contribution is 6.42. The van der Waals surface area contributed by atoms with Crippen LogP contribution < -0.4 is 11.1 Å². The molecule has 106 valence electrons. The second-order valence-corrected chi connectivity index (χ2v) is 5.30. The number of nitrogens with zero attached hydrogens (tertiary/aromatic N) is 1. The molecule has 0 aliphatic rings. The minimum absolute atomic E-state index is 0.0190. The van der Waals surface area contributed by atoms with Crippen LogP contribution in [0.1, 0.15) is 5.56 Å². The lowest BCUT2D eigenvalue weighted by atomic mass is 10.2. The zero-order valence-electron chi connectivity index (χ0n) is 10.7. The molecule has 2 aromatic carbocycles. The number of nitrogen functional groups attached to an aromatic ring is 1. The largest absolute Gasteiger partial charge is 0.384 e. The van der Waals surface area contributed by atoms with Gasteiger partial charge in [0.2, 0.25) is 5.95 Å². The van der Waals surface area contributed by atoms with Gasteiger partial charge in [0, 0.05) is 11.3 Å². The van der Waals surface area contributed by atoms with E-state index in [0.29, 0.717) is 21.6 Å².